The number of hydrogen-bond donors (Lipinski definition) is 1. The molecule has 1 aliphatic rings. The number of fused-ring (bicyclic) bond motifs is 5. The minimum Gasteiger partial charge on any atom is -0.489 e. The Balaban J connectivity index is 1.40. The van der Waals surface area contributed by atoms with Gasteiger partial charge in [0.15, 0.2) is 0 Å². The van der Waals surface area contributed by atoms with Crippen LogP contribution in [0.5, 0.6) is 5.75 Å². The lowest BCUT2D eigenvalue weighted by Gasteiger charge is -2.27. The molecular weight excluding hydrogens is 464 g/mol. The minimum absolute atomic E-state index is 0.142. The molecule has 1 atom stereocenters. The number of nitrogens with zero attached hydrogens (tertiary/aromatic N) is 3. The first kappa shape index (κ1) is 21.4. The van der Waals surface area contributed by atoms with Crippen LogP contribution in [0, 0.1) is 0 Å². The van der Waals surface area contributed by atoms with Crippen molar-refractivity contribution in [2.45, 2.75) is 18.9 Å². The van der Waals surface area contributed by atoms with Gasteiger partial charge in [-0.2, -0.15) is 0 Å². The van der Waals surface area contributed by atoms with Crippen LogP contribution in [0.1, 0.15) is 29.0 Å². The maximum Gasteiger partial charge on any atom is 0.260 e. The number of aryl methyl sites for hydroxylation is 1. The van der Waals surface area contributed by atoms with Gasteiger partial charge in [0.25, 0.3) is 5.56 Å². The highest BCUT2D eigenvalue weighted by Crippen LogP contribution is 2.37. The third-order valence-electron chi connectivity index (χ3n) is 6.43. The van der Waals surface area contributed by atoms with Gasteiger partial charge in [0.05, 0.1) is 16.6 Å². The molecule has 0 radical (unpaired) electrons. The van der Waals surface area contributed by atoms with Crippen molar-refractivity contribution in [1.29, 1.82) is 0 Å². The summed E-state index contributed by atoms with van der Waals surface area (Å²) in [4.78, 5) is 30.9. The lowest BCUT2D eigenvalue weighted by molar-refractivity contribution is -0.116. The Morgan fingerprint density at radius 1 is 1.06 bits per heavy atom. The van der Waals surface area contributed by atoms with E-state index in [-0.39, 0.29) is 23.8 Å². The van der Waals surface area contributed by atoms with Crippen molar-refractivity contribution >= 4 is 40.1 Å². The summed E-state index contributed by atoms with van der Waals surface area (Å²) in [6.45, 7) is 0.390. The fourth-order valence-corrected chi connectivity index (χ4v) is 4.95. The Kier molecular flexibility index (Phi) is 5.07. The quantitative estimate of drug-likeness (QED) is 0.394. The second kappa shape index (κ2) is 8.29. The van der Waals surface area contributed by atoms with Gasteiger partial charge in [0, 0.05) is 24.4 Å². The highest BCUT2D eigenvalue weighted by atomic mass is 35.5. The van der Waals surface area contributed by atoms with Crippen molar-refractivity contribution in [3.05, 3.63) is 105 Å². The Hall–Kier alpha value is -4.10. The van der Waals surface area contributed by atoms with Gasteiger partial charge in [0.2, 0.25) is 11.7 Å². The molecule has 8 heteroatoms. The highest BCUT2D eigenvalue weighted by molar-refractivity contribution is 6.30. The van der Waals surface area contributed by atoms with Gasteiger partial charge in [-0.15, -0.1) is 0 Å². The topological polar surface area (TPSA) is 77.6 Å². The van der Waals surface area contributed by atoms with Crippen molar-refractivity contribution in [3.63, 3.8) is 0 Å². The molecule has 5 aromatic rings. The number of amides is 1. The minimum atomic E-state index is -0.384. The maximum atomic E-state index is 13.5. The van der Waals surface area contributed by atoms with Crippen molar-refractivity contribution in [3.8, 4) is 5.75 Å². The molecule has 35 heavy (non-hydrogen) atoms. The summed E-state index contributed by atoms with van der Waals surface area (Å²) in [6.07, 6.45) is 0.184. The monoisotopic (exact) mass is 484 g/mol. The first-order valence-electron chi connectivity index (χ1n) is 11.3. The Labute approximate surface area is 205 Å². The van der Waals surface area contributed by atoms with E-state index in [1.165, 1.54) is 0 Å². The van der Waals surface area contributed by atoms with Crippen LogP contribution in [0.2, 0.25) is 5.02 Å². The molecule has 0 spiro atoms. The van der Waals surface area contributed by atoms with E-state index in [0.29, 0.717) is 34.5 Å². The molecule has 3 heterocycles. The van der Waals surface area contributed by atoms with Gasteiger partial charge in [-0.1, -0.05) is 48.0 Å². The van der Waals surface area contributed by atoms with Crippen molar-refractivity contribution in [2.75, 3.05) is 5.32 Å². The van der Waals surface area contributed by atoms with E-state index in [9.17, 15) is 9.59 Å². The average molecular weight is 485 g/mol. The van der Waals surface area contributed by atoms with E-state index >= 15 is 0 Å². The van der Waals surface area contributed by atoms with E-state index in [0.717, 1.165) is 22.2 Å². The van der Waals surface area contributed by atoms with Crippen molar-refractivity contribution in [2.24, 2.45) is 7.05 Å². The average Bonchev–Trinajstić information content (AvgIpc) is 3.26. The number of nitrogens with one attached hydrogen (secondary N) is 1. The molecule has 0 bridgehead atoms. The number of carbonyl (C=O) groups is 1. The lowest BCUT2D eigenvalue weighted by Crippen LogP contribution is -2.35. The third-order valence-corrected chi connectivity index (χ3v) is 6.66. The molecule has 3 aromatic carbocycles. The summed E-state index contributed by atoms with van der Waals surface area (Å²) < 4.78 is 9.31. The zero-order valence-corrected chi connectivity index (χ0v) is 19.6. The van der Waals surface area contributed by atoms with Crippen LogP contribution in [0.25, 0.3) is 16.8 Å². The lowest BCUT2D eigenvalue weighted by atomic mass is 9.86. The van der Waals surface area contributed by atoms with E-state index in [1.54, 1.807) is 11.6 Å². The first-order chi connectivity index (χ1) is 17.0. The highest BCUT2D eigenvalue weighted by Gasteiger charge is 2.33. The number of hydrogen-bond acceptors (Lipinski definition) is 4. The summed E-state index contributed by atoms with van der Waals surface area (Å²) >= 11 is 6.05. The number of benzene rings is 3. The smallest absolute Gasteiger partial charge is 0.260 e. The van der Waals surface area contributed by atoms with Crippen LogP contribution < -0.4 is 15.6 Å². The zero-order valence-electron chi connectivity index (χ0n) is 18.9. The van der Waals surface area contributed by atoms with Gasteiger partial charge in [-0.25, -0.2) is 4.98 Å². The van der Waals surface area contributed by atoms with Gasteiger partial charge in [-0.3, -0.25) is 18.6 Å². The number of aromatic nitrogens is 3. The van der Waals surface area contributed by atoms with Gasteiger partial charge >= 0.3 is 0 Å². The Bertz CT molecular complexity index is 1670. The molecule has 1 N–H and O–H groups in total. The molecule has 7 nitrogen and oxygen atoms in total. The summed E-state index contributed by atoms with van der Waals surface area (Å²) in [7, 11) is 1.71. The van der Waals surface area contributed by atoms with E-state index in [4.69, 9.17) is 16.3 Å². The predicted octanol–water partition coefficient (Wildman–Crippen LogP) is 4.89. The number of halogens is 1. The standard InChI is InChI=1S/C27H21ClN4O3/c1-31-26(34)24-20(17-9-11-19(12-10-17)35-15-16-5-4-6-18(28)13-16)14-23(33)30-25(24)32-22-8-3-2-7-21(22)29-27(31)32/h2-13,20H,14-15H2,1H3,(H,30,33). The maximum absolute atomic E-state index is 13.5. The third kappa shape index (κ3) is 3.65. The van der Waals surface area contributed by atoms with E-state index in [2.05, 4.69) is 10.3 Å². The van der Waals surface area contributed by atoms with Crippen LogP contribution >= 0.6 is 11.6 Å². The largest absolute Gasteiger partial charge is 0.489 e. The second-order valence-electron chi connectivity index (χ2n) is 8.65. The summed E-state index contributed by atoms with van der Waals surface area (Å²) in [6, 6.07) is 22.7. The molecular formula is C27H21ClN4O3. The predicted molar refractivity (Wildman–Crippen MR) is 135 cm³/mol. The Morgan fingerprint density at radius 3 is 2.66 bits per heavy atom. The fourth-order valence-electron chi connectivity index (χ4n) is 4.73. The van der Waals surface area contributed by atoms with Crippen LogP contribution in [0.15, 0.2) is 77.6 Å². The molecule has 0 aliphatic carbocycles. The van der Waals surface area contributed by atoms with Crippen LogP contribution in [-0.2, 0) is 18.4 Å². The number of para-hydroxylation sites is 2. The van der Waals surface area contributed by atoms with Gasteiger partial charge in [0.1, 0.15) is 18.2 Å². The molecule has 0 fully saturated rings. The number of imidazole rings is 1. The molecule has 1 aliphatic heterocycles. The van der Waals surface area contributed by atoms with Crippen LogP contribution in [0.3, 0.4) is 0 Å². The van der Waals surface area contributed by atoms with Gasteiger partial charge in [-0.05, 0) is 47.5 Å². The first-order valence-corrected chi connectivity index (χ1v) is 11.6. The molecule has 1 unspecified atom stereocenters. The molecule has 1 amide bonds. The SMILES string of the molecule is Cn1c(=O)c2c(n3c4ccccc4nc13)NC(=O)CC2c1ccc(OCc2cccc(Cl)c2)cc1. The zero-order chi connectivity index (χ0) is 24.1. The normalized spacial score (nSPS) is 15.3. The number of ether oxygens (including phenoxy) is 1. The van der Waals surface area contributed by atoms with Crippen LogP contribution in [0.4, 0.5) is 5.82 Å². The molecule has 174 valence electrons. The van der Waals surface area contributed by atoms with E-state index < -0.39 is 0 Å². The molecule has 0 saturated carbocycles. The number of rotatable bonds is 4. The Morgan fingerprint density at radius 2 is 1.86 bits per heavy atom. The van der Waals surface area contributed by atoms with Gasteiger partial charge < -0.3 is 10.1 Å². The number of carbonyl (C=O) groups excluding carboxylic acids is 1. The second-order valence-corrected chi connectivity index (χ2v) is 9.09. The summed E-state index contributed by atoms with van der Waals surface area (Å²) in [5.41, 5.74) is 3.81. The van der Waals surface area contributed by atoms with E-state index in [1.807, 2.05) is 77.2 Å². The number of anilines is 1. The molecule has 2 aromatic heterocycles. The van der Waals surface area contributed by atoms with Crippen molar-refractivity contribution in [1.82, 2.24) is 14.0 Å². The molecule has 0 saturated heterocycles. The molecule has 6 rings (SSSR count). The fraction of sp³-hybridized carbons (Fsp3) is 0.148. The van der Waals surface area contributed by atoms with Crippen molar-refractivity contribution < 1.29 is 9.53 Å². The summed E-state index contributed by atoms with van der Waals surface area (Å²) in [5, 5.41) is 3.60. The van der Waals surface area contributed by atoms with Crippen LogP contribution in [-0.4, -0.2) is 19.9 Å². The summed E-state index contributed by atoms with van der Waals surface area (Å²) in [5.74, 6) is 1.14.